The molecule has 2 heterocycles. The molecule has 1 aliphatic carbocycles. The highest BCUT2D eigenvalue weighted by Crippen LogP contribution is 2.27. The van der Waals surface area contributed by atoms with E-state index in [9.17, 15) is 4.79 Å². The minimum Gasteiger partial charge on any atom is -0.361 e. The van der Waals surface area contributed by atoms with Gasteiger partial charge in [-0.15, -0.1) is 0 Å². The van der Waals surface area contributed by atoms with E-state index < -0.39 is 0 Å². The largest absolute Gasteiger partial charge is 0.361 e. The summed E-state index contributed by atoms with van der Waals surface area (Å²) < 4.78 is 1.90. The Kier molecular flexibility index (Phi) is 6.02. The number of nitrogens with one attached hydrogen (secondary N) is 1. The highest BCUT2D eigenvalue weighted by Gasteiger charge is 2.22. The van der Waals surface area contributed by atoms with E-state index in [1.165, 1.54) is 43.1 Å². The molecular weight excluding hydrogens is 360 g/mol. The molecular formula is C24H32N4O. The van der Waals surface area contributed by atoms with Gasteiger partial charge in [0.25, 0.3) is 0 Å². The number of nitrogens with zero attached hydrogens (tertiary/aromatic N) is 3. The third-order valence-electron chi connectivity index (χ3n) is 6.32. The van der Waals surface area contributed by atoms with Crippen LogP contribution in [-0.4, -0.2) is 32.1 Å². The maximum atomic E-state index is 13.2. The Morgan fingerprint density at radius 1 is 1.24 bits per heavy atom. The van der Waals surface area contributed by atoms with Crippen LogP contribution in [0.1, 0.15) is 55.5 Å². The number of aryl methyl sites for hydroxylation is 2. The molecule has 0 aliphatic heterocycles. The first-order valence-corrected chi connectivity index (χ1v) is 10.9. The average molecular weight is 393 g/mol. The zero-order valence-corrected chi connectivity index (χ0v) is 17.7. The Morgan fingerprint density at radius 3 is 2.79 bits per heavy atom. The molecule has 0 saturated heterocycles. The van der Waals surface area contributed by atoms with E-state index in [0.717, 1.165) is 29.9 Å². The van der Waals surface area contributed by atoms with Crippen molar-refractivity contribution in [3.8, 4) is 0 Å². The highest BCUT2D eigenvalue weighted by molar-refractivity contribution is 5.83. The second kappa shape index (κ2) is 8.85. The number of amides is 1. The van der Waals surface area contributed by atoms with E-state index in [1.54, 1.807) is 0 Å². The molecule has 1 fully saturated rings. The number of hydrogen-bond donors (Lipinski definition) is 1. The van der Waals surface area contributed by atoms with Crippen LogP contribution < -0.4 is 0 Å². The van der Waals surface area contributed by atoms with E-state index in [2.05, 4.69) is 40.5 Å². The van der Waals surface area contributed by atoms with E-state index >= 15 is 0 Å². The summed E-state index contributed by atoms with van der Waals surface area (Å²) in [6.07, 6.45) is 9.90. The van der Waals surface area contributed by atoms with Crippen LogP contribution in [0.4, 0.5) is 0 Å². The lowest BCUT2D eigenvalue weighted by Gasteiger charge is -2.27. The topological polar surface area (TPSA) is 53.9 Å². The molecule has 5 heteroatoms. The molecule has 1 saturated carbocycles. The minimum atomic E-state index is 0.288. The van der Waals surface area contributed by atoms with Crippen LogP contribution in [0.25, 0.3) is 10.9 Å². The van der Waals surface area contributed by atoms with Crippen molar-refractivity contribution in [2.45, 2.75) is 58.4 Å². The Hall–Kier alpha value is -2.56. The molecule has 1 aromatic carbocycles. The van der Waals surface area contributed by atoms with Gasteiger partial charge in [-0.3, -0.25) is 9.48 Å². The van der Waals surface area contributed by atoms with E-state index in [1.807, 2.05) is 29.6 Å². The molecule has 154 valence electrons. The van der Waals surface area contributed by atoms with Crippen LogP contribution in [-0.2, 0) is 24.8 Å². The van der Waals surface area contributed by atoms with Crippen LogP contribution in [0, 0.1) is 12.8 Å². The summed E-state index contributed by atoms with van der Waals surface area (Å²) in [6, 6.07) is 10.5. The fraction of sp³-hybridized carbons (Fsp3) is 0.500. The van der Waals surface area contributed by atoms with Crippen LogP contribution >= 0.6 is 0 Å². The van der Waals surface area contributed by atoms with Gasteiger partial charge in [0.2, 0.25) is 5.91 Å². The van der Waals surface area contributed by atoms with Crippen LogP contribution in [0.2, 0.25) is 0 Å². The lowest BCUT2D eigenvalue weighted by molar-refractivity contribution is -0.133. The van der Waals surface area contributed by atoms with Crippen molar-refractivity contribution < 1.29 is 4.79 Å². The number of para-hydroxylation sites is 1. The summed E-state index contributed by atoms with van der Waals surface area (Å²) >= 11 is 0. The standard InChI is InChI=1S/C24H32N4O/c1-18-14-21(27(2)26-18)17-28(24(29)15-19-8-4-3-5-9-19)13-12-20-16-25-23-11-7-6-10-22(20)23/h6-7,10-11,14,16,19,25H,3-5,8-9,12-13,15,17H2,1-2H3. The van der Waals surface area contributed by atoms with Gasteiger partial charge in [0.1, 0.15) is 0 Å². The third kappa shape index (κ3) is 4.72. The van der Waals surface area contributed by atoms with Gasteiger partial charge >= 0.3 is 0 Å². The summed E-state index contributed by atoms with van der Waals surface area (Å²) in [5.41, 5.74) is 4.53. The zero-order valence-electron chi connectivity index (χ0n) is 17.7. The fourth-order valence-electron chi connectivity index (χ4n) is 4.66. The normalized spacial score (nSPS) is 15.1. The summed E-state index contributed by atoms with van der Waals surface area (Å²) in [5.74, 6) is 0.843. The summed E-state index contributed by atoms with van der Waals surface area (Å²) in [6.45, 7) is 3.37. The zero-order chi connectivity index (χ0) is 20.2. The predicted octanol–water partition coefficient (Wildman–Crippen LogP) is 4.75. The number of aromatic nitrogens is 3. The van der Waals surface area contributed by atoms with Crippen molar-refractivity contribution in [2.75, 3.05) is 6.54 Å². The molecule has 5 nitrogen and oxygen atoms in total. The van der Waals surface area contributed by atoms with Gasteiger partial charge in [-0.25, -0.2) is 0 Å². The van der Waals surface area contributed by atoms with Crippen molar-refractivity contribution in [2.24, 2.45) is 13.0 Å². The average Bonchev–Trinajstić information content (AvgIpc) is 3.28. The molecule has 0 bridgehead atoms. The van der Waals surface area contributed by atoms with Crippen molar-refractivity contribution in [1.82, 2.24) is 19.7 Å². The van der Waals surface area contributed by atoms with Gasteiger partial charge in [-0.05, 0) is 49.8 Å². The number of carbonyl (C=O) groups excluding carboxylic acids is 1. The van der Waals surface area contributed by atoms with Gasteiger partial charge in [0.05, 0.1) is 17.9 Å². The van der Waals surface area contributed by atoms with Crippen LogP contribution in [0.5, 0.6) is 0 Å². The Balaban J connectivity index is 1.48. The highest BCUT2D eigenvalue weighted by atomic mass is 16.2. The number of benzene rings is 1. The maximum Gasteiger partial charge on any atom is 0.223 e. The lowest BCUT2D eigenvalue weighted by Crippen LogP contribution is -2.34. The monoisotopic (exact) mass is 392 g/mol. The van der Waals surface area contributed by atoms with E-state index in [4.69, 9.17) is 0 Å². The molecule has 0 radical (unpaired) electrons. The molecule has 1 aliphatic rings. The van der Waals surface area contributed by atoms with E-state index in [0.29, 0.717) is 18.9 Å². The van der Waals surface area contributed by atoms with Gasteiger partial charge in [-0.2, -0.15) is 5.10 Å². The smallest absolute Gasteiger partial charge is 0.223 e. The van der Waals surface area contributed by atoms with Crippen LogP contribution in [0.3, 0.4) is 0 Å². The molecule has 2 aromatic heterocycles. The molecule has 0 spiro atoms. The lowest BCUT2D eigenvalue weighted by atomic mass is 9.86. The molecule has 4 rings (SSSR count). The first-order valence-electron chi connectivity index (χ1n) is 10.9. The first kappa shape index (κ1) is 19.7. The van der Waals surface area contributed by atoms with Crippen LogP contribution in [0.15, 0.2) is 36.5 Å². The van der Waals surface area contributed by atoms with E-state index in [-0.39, 0.29) is 5.91 Å². The molecule has 0 atom stereocenters. The van der Waals surface area contributed by atoms with Crippen molar-refractivity contribution in [1.29, 1.82) is 0 Å². The number of aromatic amines is 1. The second-order valence-electron chi connectivity index (χ2n) is 8.53. The van der Waals surface area contributed by atoms with Gasteiger partial charge in [0, 0.05) is 37.1 Å². The van der Waals surface area contributed by atoms with Crippen molar-refractivity contribution >= 4 is 16.8 Å². The third-order valence-corrected chi connectivity index (χ3v) is 6.32. The molecule has 3 aromatic rings. The quantitative estimate of drug-likeness (QED) is 0.631. The van der Waals surface area contributed by atoms with Gasteiger partial charge in [0.15, 0.2) is 0 Å². The summed E-state index contributed by atoms with van der Waals surface area (Å²) in [4.78, 5) is 18.6. The Morgan fingerprint density at radius 2 is 2.03 bits per heavy atom. The van der Waals surface area contributed by atoms with Gasteiger partial charge in [-0.1, -0.05) is 37.5 Å². The maximum absolute atomic E-state index is 13.2. The van der Waals surface area contributed by atoms with Gasteiger partial charge < -0.3 is 9.88 Å². The van der Waals surface area contributed by atoms with Crippen molar-refractivity contribution in [3.63, 3.8) is 0 Å². The molecule has 29 heavy (non-hydrogen) atoms. The summed E-state index contributed by atoms with van der Waals surface area (Å²) in [7, 11) is 1.96. The summed E-state index contributed by atoms with van der Waals surface area (Å²) in [5, 5.41) is 5.72. The SMILES string of the molecule is Cc1cc(CN(CCc2c[nH]c3ccccc23)C(=O)CC2CCCCC2)n(C)n1. The fourth-order valence-corrected chi connectivity index (χ4v) is 4.66. The first-order chi connectivity index (χ1) is 14.1. The Labute approximate surface area is 173 Å². The second-order valence-corrected chi connectivity index (χ2v) is 8.53. The predicted molar refractivity (Wildman–Crippen MR) is 117 cm³/mol. The minimum absolute atomic E-state index is 0.288. The Bertz CT molecular complexity index is 964. The number of hydrogen-bond acceptors (Lipinski definition) is 2. The molecule has 1 amide bonds. The number of fused-ring (bicyclic) bond motifs is 1. The number of rotatable bonds is 7. The molecule has 1 N–H and O–H groups in total. The number of H-pyrrole nitrogens is 1. The number of carbonyl (C=O) groups is 1. The van der Waals surface area contributed by atoms with Crippen molar-refractivity contribution in [3.05, 3.63) is 53.5 Å². The molecule has 0 unspecified atom stereocenters.